The van der Waals surface area contributed by atoms with Crippen LogP contribution in [0.4, 0.5) is 0 Å². The molecule has 0 radical (unpaired) electrons. The highest BCUT2D eigenvalue weighted by Gasteiger charge is 2.12. The zero-order valence-corrected chi connectivity index (χ0v) is 13.6. The van der Waals surface area contributed by atoms with Crippen molar-refractivity contribution in [1.29, 1.82) is 0 Å². The largest absolute Gasteiger partial charge is 0.496 e. The van der Waals surface area contributed by atoms with Crippen LogP contribution in [0.15, 0.2) is 47.1 Å². The molecular formula is C18H19N3O3. The van der Waals surface area contributed by atoms with E-state index < -0.39 is 0 Å². The van der Waals surface area contributed by atoms with Crippen molar-refractivity contribution in [3.8, 4) is 17.2 Å². The highest BCUT2D eigenvalue weighted by Crippen LogP contribution is 2.20. The molecule has 3 aromatic rings. The summed E-state index contributed by atoms with van der Waals surface area (Å²) < 4.78 is 10.6. The number of furan rings is 1. The number of aryl methyl sites for hydroxylation is 1. The van der Waals surface area contributed by atoms with Crippen LogP contribution in [0.25, 0.3) is 11.5 Å². The van der Waals surface area contributed by atoms with Gasteiger partial charge in [-0.15, -0.1) is 0 Å². The highest BCUT2D eigenvalue weighted by molar-refractivity contribution is 5.93. The van der Waals surface area contributed by atoms with E-state index >= 15 is 0 Å². The van der Waals surface area contributed by atoms with Gasteiger partial charge < -0.3 is 14.5 Å². The third-order valence-electron chi connectivity index (χ3n) is 3.71. The molecule has 0 spiro atoms. The van der Waals surface area contributed by atoms with Crippen molar-refractivity contribution in [2.75, 3.05) is 13.7 Å². The van der Waals surface area contributed by atoms with E-state index in [-0.39, 0.29) is 5.91 Å². The second-order valence-electron chi connectivity index (χ2n) is 5.47. The second kappa shape index (κ2) is 7.04. The number of amides is 1. The van der Waals surface area contributed by atoms with Gasteiger partial charge in [-0.25, -0.2) is 0 Å². The first-order chi connectivity index (χ1) is 11.7. The predicted molar refractivity (Wildman–Crippen MR) is 90.1 cm³/mol. The lowest BCUT2D eigenvalue weighted by Crippen LogP contribution is -2.26. The van der Waals surface area contributed by atoms with E-state index in [1.54, 1.807) is 31.6 Å². The third kappa shape index (κ3) is 3.48. The Morgan fingerprint density at radius 2 is 2.21 bits per heavy atom. The number of aromatic amines is 1. The van der Waals surface area contributed by atoms with Gasteiger partial charge in [-0.3, -0.25) is 9.89 Å². The molecule has 3 rings (SSSR count). The van der Waals surface area contributed by atoms with Gasteiger partial charge >= 0.3 is 0 Å². The molecule has 0 saturated carbocycles. The molecule has 0 aliphatic heterocycles. The van der Waals surface area contributed by atoms with Crippen molar-refractivity contribution in [2.45, 2.75) is 13.3 Å². The third-order valence-corrected chi connectivity index (χ3v) is 3.71. The minimum Gasteiger partial charge on any atom is -0.496 e. The molecule has 0 bridgehead atoms. The monoisotopic (exact) mass is 325 g/mol. The van der Waals surface area contributed by atoms with Crippen molar-refractivity contribution in [3.63, 3.8) is 0 Å². The van der Waals surface area contributed by atoms with Gasteiger partial charge in [0, 0.05) is 12.6 Å². The molecule has 124 valence electrons. The summed E-state index contributed by atoms with van der Waals surface area (Å²) in [7, 11) is 1.65. The number of methoxy groups -OCH3 is 1. The van der Waals surface area contributed by atoms with Crippen LogP contribution in [0.2, 0.25) is 0 Å². The van der Waals surface area contributed by atoms with E-state index in [9.17, 15) is 4.79 Å². The molecule has 0 unspecified atom stereocenters. The molecule has 1 amide bonds. The SMILES string of the molecule is COc1ccc(C)cc1CCNC(=O)c1cc(-c2ccco2)[nH]n1. The molecule has 6 nitrogen and oxygen atoms in total. The number of benzene rings is 1. The fraction of sp³-hybridized carbons (Fsp3) is 0.222. The topological polar surface area (TPSA) is 80.1 Å². The maximum atomic E-state index is 12.2. The second-order valence-corrected chi connectivity index (χ2v) is 5.47. The number of carbonyl (C=O) groups is 1. The number of carbonyl (C=O) groups excluding carboxylic acids is 1. The summed E-state index contributed by atoms with van der Waals surface area (Å²) in [5, 5.41) is 9.69. The number of H-pyrrole nitrogens is 1. The van der Waals surface area contributed by atoms with Crippen LogP contribution in [-0.2, 0) is 6.42 Å². The van der Waals surface area contributed by atoms with Gasteiger partial charge in [-0.1, -0.05) is 17.7 Å². The summed E-state index contributed by atoms with van der Waals surface area (Å²) in [4.78, 5) is 12.2. The van der Waals surface area contributed by atoms with Crippen molar-refractivity contribution in [3.05, 3.63) is 59.5 Å². The Labute approximate surface area is 139 Å². The van der Waals surface area contributed by atoms with Crippen LogP contribution < -0.4 is 10.1 Å². The summed E-state index contributed by atoms with van der Waals surface area (Å²) in [6.07, 6.45) is 2.26. The average Bonchev–Trinajstić information content (AvgIpc) is 3.26. The molecule has 1 aromatic carbocycles. The molecular weight excluding hydrogens is 306 g/mol. The Morgan fingerprint density at radius 1 is 1.33 bits per heavy atom. The number of rotatable bonds is 6. The maximum Gasteiger partial charge on any atom is 0.271 e. The minimum absolute atomic E-state index is 0.226. The number of aromatic nitrogens is 2. The van der Waals surface area contributed by atoms with Crippen LogP contribution in [0, 0.1) is 6.92 Å². The summed E-state index contributed by atoms with van der Waals surface area (Å²) in [6, 6.07) is 11.3. The smallest absolute Gasteiger partial charge is 0.271 e. The van der Waals surface area contributed by atoms with Crippen molar-refractivity contribution in [2.24, 2.45) is 0 Å². The van der Waals surface area contributed by atoms with E-state index in [4.69, 9.17) is 9.15 Å². The van der Waals surface area contributed by atoms with Crippen LogP contribution in [0.1, 0.15) is 21.6 Å². The lowest BCUT2D eigenvalue weighted by atomic mass is 10.1. The van der Waals surface area contributed by atoms with Gasteiger partial charge in [-0.05, 0) is 37.1 Å². The summed E-state index contributed by atoms with van der Waals surface area (Å²) in [5.74, 6) is 1.25. The molecule has 0 aliphatic carbocycles. The van der Waals surface area contributed by atoms with Crippen molar-refractivity contribution < 1.29 is 13.9 Å². The van der Waals surface area contributed by atoms with Crippen LogP contribution >= 0.6 is 0 Å². The molecule has 2 aromatic heterocycles. The molecule has 6 heteroatoms. The van der Waals surface area contributed by atoms with Crippen LogP contribution in [0.5, 0.6) is 5.75 Å². The van der Waals surface area contributed by atoms with E-state index in [2.05, 4.69) is 21.6 Å². The molecule has 24 heavy (non-hydrogen) atoms. The Hall–Kier alpha value is -3.02. The van der Waals surface area contributed by atoms with E-state index in [1.807, 2.05) is 19.1 Å². The van der Waals surface area contributed by atoms with Crippen LogP contribution in [0.3, 0.4) is 0 Å². The Kier molecular flexibility index (Phi) is 4.65. The zero-order chi connectivity index (χ0) is 16.9. The van der Waals surface area contributed by atoms with Gasteiger partial charge in [-0.2, -0.15) is 5.10 Å². The van der Waals surface area contributed by atoms with Gasteiger partial charge in [0.05, 0.1) is 13.4 Å². The standard InChI is InChI=1S/C18H19N3O3/c1-12-5-6-16(23-2)13(10-12)7-8-19-18(22)15-11-14(20-21-15)17-4-3-9-24-17/h3-6,9-11H,7-8H2,1-2H3,(H,19,22)(H,20,21). The first kappa shape index (κ1) is 15.9. The molecule has 0 fully saturated rings. The average molecular weight is 325 g/mol. The number of ether oxygens (including phenoxy) is 1. The van der Waals surface area contributed by atoms with E-state index in [0.29, 0.717) is 30.1 Å². The molecule has 2 N–H and O–H groups in total. The maximum absolute atomic E-state index is 12.2. The number of hydrogen-bond donors (Lipinski definition) is 2. The van der Waals surface area contributed by atoms with Gasteiger partial charge in [0.25, 0.3) is 5.91 Å². The van der Waals surface area contributed by atoms with Gasteiger partial charge in [0.2, 0.25) is 0 Å². The lowest BCUT2D eigenvalue weighted by molar-refractivity contribution is 0.0949. The van der Waals surface area contributed by atoms with Crippen molar-refractivity contribution >= 4 is 5.91 Å². The summed E-state index contributed by atoms with van der Waals surface area (Å²) in [6.45, 7) is 2.53. The first-order valence-corrected chi connectivity index (χ1v) is 7.68. The lowest BCUT2D eigenvalue weighted by Gasteiger charge is -2.09. The van der Waals surface area contributed by atoms with Gasteiger partial charge in [0.1, 0.15) is 11.4 Å². The highest BCUT2D eigenvalue weighted by atomic mass is 16.5. The van der Waals surface area contributed by atoms with E-state index in [1.165, 1.54) is 0 Å². The normalized spacial score (nSPS) is 10.6. The summed E-state index contributed by atoms with van der Waals surface area (Å²) >= 11 is 0. The fourth-order valence-corrected chi connectivity index (χ4v) is 2.50. The van der Waals surface area contributed by atoms with E-state index in [0.717, 1.165) is 16.9 Å². The Bertz CT molecular complexity index is 822. The number of nitrogens with one attached hydrogen (secondary N) is 2. The van der Waals surface area contributed by atoms with Crippen LogP contribution in [-0.4, -0.2) is 29.8 Å². The minimum atomic E-state index is -0.226. The molecule has 2 heterocycles. The predicted octanol–water partition coefficient (Wildman–Crippen LogP) is 2.96. The number of nitrogens with zero attached hydrogens (tertiary/aromatic N) is 1. The Balaban J connectivity index is 1.59. The number of hydrogen-bond acceptors (Lipinski definition) is 4. The first-order valence-electron chi connectivity index (χ1n) is 7.68. The molecule has 0 atom stereocenters. The zero-order valence-electron chi connectivity index (χ0n) is 13.6. The fourth-order valence-electron chi connectivity index (χ4n) is 2.50. The molecule has 0 saturated heterocycles. The summed E-state index contributed by atoms with van der Waals surface area (Å²) in [5.41, 5.74) is 3.23. The quantitative estimate of drug-likeness (QED) is 0.730. The Morgan fingerprint density at radius 3 is 2.96 bits per heavy atom. The van der Waals surface area contributed by atoms with Crippen molar-refractivity contribution in [1.82, 2.24) is 15.5 Å². The molecule has 0 aliphatic rings. The van der Waals surface area contributed by atoms with Gasteiger partial charge in [0.15, 0.2) is 11.5 Å².